The van der Waals surface area contributed by atoms with E-state index < -0.39 is 5.82 Å². The van der Waals surface area contributed by atoms with Crippen LogP contribution in [0, 0.1) is 5.82 Å². The number of nitrogens with two attached hydrogens (primary N) is 1. The minimum absolute atomic E-state index is 0. The largest absolute Gasteiger partial charge is 0.378 e. The Morgan fingerprint density at radius 2 is 2.00 bits per heavy atom. The fraction of sp³-hybridized carbons (Fsp3) is 0.550. The Hall–Kier alpha value is -2.03. The summed E-state index contributed by atoms with van der Waals surface area (Å²) in [6, 6.07) is 6.37. The van der Waals surface area contributed by atoms with Crippen molar-refractivity contribution in [3.05, 3.63) is 41.7 Å². The molecular weight excluding hydrogens is 397 g/mol. The van der Waals surface area contributed by atoms with Gasteiger partial charge in [-0.25, -0.2) is 14.1 Å². The SMILES string of the molecule is CC(C)c1nc(C(=O)N2CCC(OCCCN)CC2)nn1-c1ccccc1F.Cl. The highest BCUT2D eigenvalue weighted by molar-refractivity contribution is 5.90. The van der Waals surface area contributed by atoms with Crippen LogP contribution >= 0.6 is 12.4 Å². The number of aromatic nitrogens is 3. The van der Waals surface area contributed by atoms with Crippen molar-refractivity contribution < 1.29 is 13.9 Å². The van der Waals surface area contributed by atoms with E-state index in [2.05, 4.69) is 10.1 Å². The minimum atomic E-state index is -0.399. The molecule has 0 radical (unpaired) electrons. The quantitative estimate of drug-likeness (QED) is 0.689. The summed E-state index contributed by atoms with van der Waals surface area (Å²) in [7, 11) is 0. The van der Waals surface area contributed by atoms with Crippen LogP contribution in [0.15, 0.2) is 24.3 Å². The summed E-state index contributed by atoms with van der Waals surface area (Å²) in [6.45, 7) is 6.35. The first-order valence-electron chi connectivity index (χ1n) is 9.84. The van der Waals surface area contributed by atoms with E-state index >= 15 is 0 Å². The molecular formula is C20H29ClFN5O2. The van der Waals surface area contributed by atoms with Crippen molar-refractivity contribution in [2.45, 2.75) is 45.1 Å². The zero-order chi connectivity index (χ0) is 20.1. The molecule has 1 aromatic heterocycles. The maximum absolute atomic E-state index is 14.2. The Bertz CT molecular complexity index is 806. The number of piperidine rings is 1. The third-order valence-electron chi connectivity index (χ3n) is 4.85. The van der Waals surface area contributed by atoms with E-state index in [-0.39, 0.29) is 36.2 Å². The third kappa shape index (κ3) is 5.52. The molecule has 2 heterocycles. The number of amides is 1. The van der Waals surface area contributed by atoms with Crippen LogP contribution in [-0.4, -0.2) is 57.9 Å². The highest BCUT2D eigenvalue weighted by Gasteiger charge is 2.28. The van der Waals surface area contributed by atoms with Gasteiger partial charge in [-0.2, -0.15) is 0 Å². The third-order valence-corrected chi connectivity index (χ3v) is 4.85. The Morgan fingerprint density at radius 1 is 1.31 bits per heavy atom. The number of para-hydroxylation sites is 1. The number of carbonyl (C=O) groups is 1. The van der Waals surface area contributed by atoms with Crippen molar-refractivity contribution in [2.75, 3.05) is 26.2 Å². The number of halogens is 2. The highest BCUT2D eigenvalue weighted by atomic mass is 35.5. The van der Waals surface area contributed by atoms with E-state index in [4.69, 9.17) is 10.5 Å². The number of ether oxygens (including phenoxy) is 1. The van der Waals surface area contributed by atoms with Crippen LogP contribution in [0.3, 0.4) is 0 Å². The number of hydrogen-bond acceptors (Lipinski definition) is 5. The van der Waals surface area contributed by atoms with Gasteiger partial charge in [-0.15, -0.1) is 17.5 Å². The van der Waals surface area contributed by atoms with E-state index in [1.54, 1.807) is 23.1 Å². The lowest BCUT2D eigenvalue weighted by Crippen LogP contribution is -2.41. The molecule has 0 saturated carbocycles. The fourth-order valence-corrected chi connectivity index (χ4v) is 3.29. The topological polar surface area (TPSA) is 86.3 Å². The molecule has 3 rings (SSSR count). The summed E-state index contributed by atoms with van der Waals surface area (Å²) < 4.78 is 21.5. The van der Waals surface area contributed by atoms with Gasteiger partial charge in [0.25, 0.3) is 5.91 Å². The second-order valence-electron chi connectivity index (χ2n) is 7.32. The average Bonchev–Trinajstić information content (AvgIpc) is 3.14. The van der Waals surface area contributed by atoms with Crippen molar-refractivity contribution >= 4 is 18.3 Å². The van der Waals surface area contributed by atoms with Crippen LogP contribution in [-0.2, 0) is 4.74 Å². The lowest BCUT2D eigenvalue weighted by atomic mass is 10.1. The maximum Gasteiger partial charge on any atom is 0.293 e. The summed E-state index contributed by atoms with van der Waals surface area (Å²) in [4.78, 5) is 19.1. The number of rotatable bonds is 7. The Balaban J connectivity index is 0.00000300. The van der Waals surface area contributed by atoms with Gasteiger partial charge in [0, 0.05) is 25.6 Å². The second kappa shape index (κ2) is 10.7. The lowest BCUT2D eigenvalue weighted by Gasteiger charge is -2.31. The summed E-state index contributed by atoms with van der Waals surface area (Å²) in [5.41, 5.74) is 5.78. The van der Waals surface area contributed by atoms with Gasteiger partial charge in [-0.05, 0) is 37.9 Å². The second-order valence-corrected chi connectivity index (χ2v) is 7.32. The first-order valence-corrected chi connectivity index (χ1v) is 9.84. The van der Waals surface area contributed by atoms with Crippen molar-refractivity contribution in [3.8, 4) is 5.69 Å². The van der Waals surface area contributed by atoms with Gasteiger partial charge in [-0.1, -0.05) is 26.0 Å². The molecule has 2 N–H and O–H groups in total. The van der Waals surface area contributed by atoms with Crippen LogP contribution in [0.1, 0.15) is 55.5 Å². The van der Waals surface area contributed by atoms with Crippen molar-refractivity contribution in [1.82, 2.24) is 19.7 Å². The Morgan fingerprint density at radius 3 is 2.62 bits per heavy atom. The fourth-order valence-electron chi connectivity index (χ4n) is 3.29. The first kappa shape index (κ1) is 23.3. The van der Waals surface area contributed by atoms with Gasteiger partial charge in [0.2, 0.25) is 5.82 Å². The van der Waals surface area contributed by atoms with E-state index in [0.717, 1.165) is 19.3 Å². The van der Waals surface area contributed by atoms with E-state index in [0.29, 0.717) is 37.8 Å². The summed E-state index contributed by atoms with van der Waals surface area (Å²) in [5, 5.41) is 4.35. The van der Waals surface area contributed by atoms with Gasteiger partial charge >= 0.3 is 0 Å². The Kier molecular flexibility index (Phi) is 8.55. The first-order chi connectivity index (χ1) is 13.5. The maximum atomic E-state index is 14.2. The minimum Gasteiger partial charge on any atom is -0.378 e. The Labute approximate surface area is 176 Å². The summed E-state index contributed by atoms with van der Waals surface area (Å²) in [6.07, 6.45) is 2.56. The molecule has 0 spiro atoms. The molecule has 160 valence electrons. The molecule has 1 fully saturated rings. The van der Waals surface area contributed by atoms with Gasteiger partial charge < -0.3 is 15.4 Å². The van der Waals surface area contributed by atoms with Crippen LogP contribution < -0.4 is 5.73 Å². The average molecular weight is 426 g/mol. The molecule has 7 nitrogen and oxygen atoms in total. The van der Waals surface area contributed by atoms with Crippen LogP contribution in [0.25, 0.3) is 5.69 Å². The molecule has 0 aliphatic carbocycles. The molecule has 1 aliphatic rings. The standard InChI is InChI=1S/C20H28FN5O2.ClH/c1-14(2)19-23-18(24-26(19)17-7-4-3-6-16(17)21)20(27)25-11-8-15(9-12-25)28-13-5-10-22;/h3-4,6-7,14-15H,5,8-13,22H2,1-2H3;1H. The molecule has 0 unspecified atom stereocenters. The summed E-state index contributed by atoms with van der Waals surface area (Å²) >= 11 is 0. The molecule has 1 saturated heterocycles. The number of carbonyl (C=O) groups excluding carboxylic acids is 1. The number of nitrogens with zero attached hydrogens (tertiary/aromatic N) is 4. The molecule has 2 aromatic rings. The summed E-state index contributed by atoms with van der Waals surface area (Å²) in [5.74, 6) is 0.0411. The van der Waals surface area contributed by atoms with Crippen molar-refractivity contribution in [2.24, 2.45) is 5.73 Å². The zero-order valence-corrected chi connectivity index (χ0v) is 17.7. The lowest BCUT2D eigenvalue weighted by molar-refractivity contribution is 0.00812. The van der Waals surface area contributed by atoms with Gasteiger partial charge in [-0.3, -0.25) is 4.79 Å². The number of hydrogen-bond donors (Lipinski definition) is 1. The molecule has 1 amide bonds. The molecule has 0 bridgehead atoms. The molecule has 29 heavy (non-hydrogen) atoms. The van der Waals surface area contributed by atoms with Crippen LogP contribution in [0.5, 0.6) is 0 Å². The number of benzene rings is 1. The molecule has 1 aromatic carbocycles. The van der Waals surface area contributed by atoms with Crippen LogP contribution in [0.2, 0.25) is 0 Å². The monoisotopic (exact) mass is 425 g/mol. The predicted octanol–water partition coefficient (Wildman–Crippen LogP) is 2.92. The smallest absolute Gasteiger partial charge is 0.293 e. The highest BCUT2D eigenvalue weighted by Crippen LogP contribution is 2.21. The van der Waals surface area contributed by atoms with Gasteiger partial charge in [0.15, 0.2) is 0 Å². The van der Waals surface area contributed by atoms with E-state index in [1.807, 2.05) is 13.8 Å². The van der Waals surface area contributed by atoms with Crippen molar-refractivity contribution in [3.63, 3.8) is 0 Å². The molecule has 1 aliphatic heterocycles. The van der Waals surface area contributed by atoms with Gasteiger partial charge in [0.05, 0.1) is 6.10 Å². The molecule has 9 heteroatoms. The van der Waals surface area contributed by atoms with Crippen molar-refractivity contribution in [1.29, 1.82) is 0 Å². The van der Waals surface area contributed by atoms with Crippen LogP contribution in [0.4, 0.5) is 4.39 Å². The normalized spacial score (nSPS) is 14.9. The van der Waals surface area contributed by atoms with E-state index in [9.17, 15) is 9.18 Å². The zero-order valence-electron chi connectivity index (χ0n) is 16.9. The molecule has 0 atom stereocenters. The van der Waals surface area contributed by atoms with E-state index in [1.165, 1.54) is 10.7 Å². The number of likely N-dealkylation sites (tertiary alicyclic amines) is 1. The van der Waals surface area contributed by atoms with Gasteiger partial charge in [0.1, 0.15) is 17.3 Å². The predicted molar refractivity (Wildman–Crippen MR) is 111 cm³/mol.